The highest BCUT2D eigenvalue weighted by Gasteiger charge is 2.39. The van der Waals surface area contributed by atoms with E-state index in [0.717, 1.165) is 22.4 Å². The summed E-state index contributed by atoms with van der Waals surface area (Å²) in [7, 11) is 0. The van der Waals surface area contributed by atoms with Crippen molar-refractivity contribution in [2.24, 2.45) is 0 Å². The lowest BCUT2D eigenvalue weighted by Gasteiger charge is -2.29. The second-order valence-corrected chi connectivity index (χ2v) is 6.38. The van der Waals surface area contributed by atoms with Crippen molar-refractivity contribution in [3.05, 3.63) is 53.2 Å². The fourth-order valence-corrected chi connectivity index (χ4v) is 3.59. The van der Waals surface area contributed by atoms with Gasteiger partial charge in [-0.1, -0.05) is 12.1 Å². The van der Waals surface area contributed by atoms with Gasteiger partial charge in [-0.05, 0) is 42.7 Å². The van der Waals surface area contributed by atoms with E-state index in [4.69, 9.17) is 0 Å². The number of rotatable bonds is 2. The second kappa shape index (κ2) is 5.81. The van der Waals surface area contributed by atoms with Crippen LogP contribution in [0.1, 0.15) is 34.3 Å². The summed E-state index contributed by atoms with van der Waals surface area (Å²) in [5, 5.41) is 2.32. The van der Waals surface area contributed by atoms with Crippen LogP contribution in [-0.2, 0) is 16.1 Å². The Morgan fingerprint density at radius 2 is 1.92 bits per heavy atom. The molecule has 3 amide bonds. The Bertz CT molecular complexity index is 892. The van der Waals surface area contributed by atoms with Crippen LogP contribution in [0.2, 0.25) is 0 Å². The molecule has 2 aliphatic heterocycles. The van der Waals surface area contributed by atoms with Crippen LogP contribution in [0.5, 0.6) is 0 Å². The van der Waals surface area contributed by atoms with Crippen molar-refractivity contribution < 1.29 is 14.4 Å². The lowest BCUT2D eigenvalue weighted by Crippen LogP contribution is -2.52. The first-order valence-electron chi connectivity index (χ1n) is 8.25. The van der Waals surface area contributed by atoms with Crippen LogP contribution in [-0.4, -0.2) is 33.6 Å². The van der Waals surface area contributed by atoms with Crippen LogP contribution < -0.4 is 5.32 Å². The molecule has 3 heterocycles. The van der Waals surface area contributed by atoms with Gasteiger partial charge in [-0.15, -0.1) is 0 Å². The number of hydrogen-bond donors (Lipinski definition) is 1. The van der Waals surface area contributed by atoms with E-state index >= 15 is 0 Å². The molecule has 2 aliphatic rings. The van der Waals surface area contributed by atoms with Gasteiger partial charge in [0.25, 0.3) is 5.91 Å². The largest absolute Gasteiger partial charge is 0.322 e. The molecule has 0 spiro atoms. The predicted octanol–water partition coefficient (Wildman–Crippen LogP) is 1.82. The average molecular weight is 335 g/mol. The Kier molecular flexibility index (Phi) is 3.60. The van der Waals surface area contributed by atoms with E-state index in [0.29, 0.717) is 18.5 Å². The molecule has 6 nitrogen and oxygen atoms in total. The number of pyridine rings is 1. The highest BCUT2D eigenvalue weighted by molar-refractivity contribution is 6.05. The minimum Gasteiger partial charge on any atom is -0.322 e. The molecule has 1 fully saturated rings. The Morgan fingerprint density at radius 3 is 2.64 bits per heavy atom. The van der Waals surface area contributed by atoms with Crippen LogP contribution in [0.25, 0.3) is 11.3 Å². The number of carbonyl (C=O) groups is 3. The van der Waals surface area contributed by atoms with Crippen LogP contribution >= 0.6 is 0 Å². The zero-order valence-corrected chi connectivity index (χ0v) is 13.8. The van der Waals surface area contributed by atoms with E-state index in [9.17, 15) is 14.4 Å². The van der Waals surface area contributed by atoms with Gasteiger partial charge in [0.2, 0.25) is 11.8 Å². The molecule has 1 unspecified atom stereocenters. The number of piperidine rings is 1. The molecule has 2 aromatic rings. The maximum Gasteiger partial charge on any atom is 0.255 e. The summed E-state index contributed by atoms with van der Waals surface area (Å²) < 4.78 is 0. The summed E-state index contributed by atoms with van der Waals surface area (Å²) in [6.07, 6.45) is 2.37. The molecule has 1 saturated heterocycles. The topological polar surface area (TPSA) is 79.4 Å². The molecule has 6 heteroatoms. The molecule has 0 bridgehead atoms. The fourth-order valence-electron chi connectivity index (χ4n) is 3.59. The fraction of sp³-hybridized carbons (Fsp3) is 0.263. The molecule has 1 N–H and O–H groups in total. The zero-order chi connectivity index (χ0) is 17.6. The van der Waals surface area contributed by atoms with Crippen molar-refractivity contribution in [1.82, 2.24) is 15.2 Å². The molecule has 126 valence electrons. The first-order chi connectivity index (χ1) is 12.1. The van der Waals surface area contributed by atoms with Crippen LogP contribution in [0.4, 0.5) is 0 Å². The van der Waals surface area contributed by atoms with E-state index in [2.05, 4.69) is 10.3 Å². The number of hydrogen-bond acceptors (Lipinski definition) is 4. The highest BCUT2D eigenvalue weighted by Crippen LogP contribution is 2.34. The molecule has 4 rings (SSSR count). The van der Waals surface area contributed by atoms with Gasteiger partial charge in [0.15, 0.2) is 0 Å². The molecule has 0 aliphatic carbocycles. The summed E-state index contributed by atoms with van der Waals surface area (Å²) in [5.74, 6) is -0.820. The Morgan fingerprint density at radius 1 is 1.12 bits per heavy atom. The number of benzene rings is 1. The number of carbonyl (C=O) groups excluding carboxylic acids is 3. The minimum absolute atomic E-state index is 0.153. The van der Waals surface area contributed by atoms with Gasteiger partial charge in [-0.2, -0.15) is 0 Å². The quantitative estimate of drug-likeness (QED) is 0.849. The van der Waals surface area contributed by atoms with Gasteiger partial charge in [0.05, 0.1) is 5.69 Å². The number of aromatic nitrogens is 1. The maximum absolute atomic E-state index is 12.8. The molecule has 0 radical (unpaired) electrons. The predicted molar refractivity (Wildman–Crippen MR) is 90.5 cm³/mol. The van der Waals surface area contributed by atoms with Gasteiger partial charge in [-0.25, -0.2) is 0 Å². The van der Waals surface area contributed by atoms with Gasteiger partial charge >= 0.3 is 0 Å². The number of nitrogens with zero attached hydrogens (tertiary/aromatic N) is 2. The highest BCUT2D eigenvalue weighted by atomic mass is 16.2. The van der Waals surface area contributed by atoms with Crippen LogP contribution in [0.15, 0.2) is 36.5 Å². The van der Waals surface area contributed by atoms with Gasteiger partial charge in [0.1, 0.15) is 6.04 Å². The molecule has 1 aromatic heterocycles. The number of nitrogens with one attached hydrogen (secondary N) is 1. The van der Waals surface area contributed by atoms with Gasteiger partial charge in [0, 0.05) is 30.3 Å². The second-order valence-electron chi connectivity index (χ2n) is 6.38. The summed E-state index contributed by atoms with van der Waals surface area (Å²) in [6, 6.07) is 8.85. The number of fused-ring (bicyclic) bond motifs is 1. The summed E-state index contributed by atoms with van der Waals surface area (Å²) in [4.78, 5) is 42.2. The molecule has 0 saturated carbocycles. The average Bonchev–Trinajstić information content (AvgIpc) is 2.94. The third kappa shape index (κ3) is 2.50. The van der Waals surface area contributed by atoms with Crippen molar-refractivity contribution in [2.75, 3.05) is 0 Å². The number of imide groups is 1. The Balaban J connectivity index is 1.69. The lowest BCUT2D eigenvalue weighted by molar-refractivity contribution is -0.136. The van der Waals surface area contributed by atoms with Crippen molar-refractivity contribution >= 4 is 17.7 Å². The van der Waals surface area contributed by atoms with Gasteiger partial charge in [-0.3, -0.25) is 24.7 Å². The van der Waals surface area contributed by atoms with E-state index in [1.807, 2.05) is 31.2 Å². The first-order valence-corrected chi connectivity index (χ1v) is 8.25. The minimum atomic E-state index is -0.588. The van der Waals surface area contributed by atoms with Gasteiger partial charge < -0.3 is 4.90 Å². The first kappa shape index (κ1) is 15.5. The third-order valence-electron chi connectivity index (χ3n) is 4.95. The van der Waals surface area contributed by atoms with E-state index in [1.165, 1.54) is 0 Å². The maximum atomic E-state index is 12.8. The normalized spacial score (nSPS) is 19.8. The van der Waals surface area contributed by atoms with Crippen molar-refractivity contribution in [3.8, 4) is 11.3 Å². The van der Waals surface area contributed by atoms with Crippen LogP contribution in [0.3, 0.4) is 0 Å². The zero-order valence-electron chi connectivity index (χ0n) is 13.8. The van der Waals surface area contributed by atoms with E-state index < -0.39 is 6.04 Å². The number of amides is 3. The Hall–Kier alpha value is -3.02. The molecule has 1 aromatic carbocycles. The SMILES string of the molecule is Cc1c(-c2ccccn2)ccc2c1CN(C1CCC(=O)NC1=O)C2=O. The van der Waals surface area contributed by atoms with Crippen molar-refractivity contribution in [1.29, 1.82) is 0 Å². The van der Waals surface area contributed by atoms with E-state index in [-0.39, 0.29) is 24.1 Å². The smallest absolute Gasteiger partial charge is 0.255 e. The summed E-state index contributed by atoms with van der Waals surface area (Å²) >= 11 is 0. The van der Waals surface area contributed by atoms with Crippen molar-refractivity contribution in [2.45, 2.75) is 32.4 Å². The van der Waals surface area contributed by atoms with E-state index in [1.54, 1.807) is 17.2 Å². The molecular weight excluding hydrogens is 318 g/mol. The molecule has 25 heavy (non-hydrogen) atoms. The third-order valence-corrected chi connectivity index (χ3v) is 4.95. The molecular formula is C19H17N3O3. The molecule has 1 atom stereocenters. The standard InChI is InChI=1S/C19H17N3O3/c1-11-12(15-4-2-3-9-20-15)5-6-13-14(11)10-22(19(13)25)16-7-8-17(23)21-18(16)24/h2-6,9,16H,7-8,10H2,1H3,(H,21,23,24). The summed E-state index contributed by atoms with van der Waals surface area (Å²) in [6.45, 7) is 2.36. The summed E-state index contributed by atoms with van der Waals surface area (Å²) in [5.41, 5.74) is 4.39. The van der Waals surface area contributed by atoms with Crippen LogP contribution in [0, 0.1) is 6.92 Å². The van der Waals surface area contributed by atoms with Crippen molar-refractivity contribution in [3.63, 3.8) is 0 Å². The monoisotopic (exact) mass is 335 g/mol. The lowest BCUT2D eigenvalue weighted by atomic mass is 9.96. The Labute approximate surface area is 144 Å².